The Bertz CT molecular complexity index is 396. The molecule has 0 aliphatic carbocycles. The fourth-order valence-electron chi connectivity index (χ4n) is 3.09. The van der Waals surface area contributed by atoms with Crippen molar-refractivity contribution in [1.29, 1.82) is 0 Å². The molecule has 1 N–H and O–H groups in total. The highest BCUT2D eigenvalue weighted by atomic mass is 16.2. The van der Waals surface area contributed by atoms with Crippen LogP contribution < -0.4 is 5.32 Å². The number of carbonyl (C=O) groups is 2. The number of amides is 1. The average Bonchev–Trinajstić information content (AvgIpc) is 2.35. The fraction of sp³-hybridized carbons (Fsp3) is 0.889. The van der Waals surface area contributed by atoms with Crippen molar-refractivity contribution in [2.24, 2.45) is 11.3 Å². The quantitative estimate of drug-likeness (QED) is 0.868. The molecule has 1 atom stereocenters. The Hall–Kier alpha value is -0.900. The van der Waals surface area contributed by atoms with Gasteiger partial charge in [-0.1, -0.05) is 20.8 Å². The Kier molecular flexibility index (Phi) is 6.19. The second-order valence-corrected chi connectivity index (χ2v) is 8.75. The summed E-state index contributed by atoms with van der Waals surface area (Å²) in [5.41, 5.74) is -0.408. The van der Waals surface area contributed by atoms with Gasteiger partial charge in [0.2, 0.25) is 5.91 Å². The van der Waals surface area contributed by atoms with Crippen molar-refractivity contribution in [2.45, 2.75) is 79.3 Å². The molecule has 1 unspecified atom stereocenters. The van der Waals surface area contributed by atoms with Gasteiger partial charge in [-0.2, -0.15) is 0 Å². The van der Waals surface area contributed by atoms with Crippen LogP contribution in [-0.4, -0.2) is 41.3 Å². The molecular weight excluding hydrogens is 276 g/mol. The van der Waals surface area contributed by atoms with Gasteiger partial charge in [0, 0.05) is 31.0 Å². The van der Waals surface area contributed by atoms with Crippen LogP contribution in [0, 0.1) is 11.3 Å². The van der Waals surface area contributed by atoms with Gasteiger partial charge in [-0.25, -0.2) is 0 Å². The SMILES string of the molecule is CC(=O)N1CCC(CC(NC(C)(C)C)C(=O)C(C)(C)C)CC1. The number of likely N-dealkylation sites (tertiary alicyclic amines) is 1. The lowest BCUT2D eigenvalue weighted by Gasteiger charge is -2.36. The van der Waals surface area contributed by atoms with E-state index in [1.54, 1.807) is 6.92 Å². The van der Waals surface area contributed by atoms with Crippen molar-refractivity contribution < 1.29 is 9.59 Å². The van der Waals surface area contributed by atoms with E-state index in [-0.39, 0.29) is 28.7 Å². The summed E-state index contributed by atoms with van der Waals surface area (Å²) in [4.78, 5) is 26.1. The molecule has 1 heterocycles. The van der Waals surface area contributed by atoms with E-state index in [0.29, 0.717) is 5.92 Å². The number of hydrogen-bond acceptors (Lipinski definition) is 3. The number of ketones is 1. The highest BCUT2D eigenvalue weighted by Crippen LogP contribution is 2.27. The lowest BCUT2D eigenvalue weighted by atomic mass is 9.80. The van der Waals surface area contributed by atoms with Gasteiger partial charge in [-0.05, 0) is 46.0 Å². The van der Waals surface area contributed by atoms with Crippen LogP contribution in [0.2, 0.25) is 0 Å². The Morgan fingerprint density at radius 1 is 1.09 bits per heavy atom. The van der Waals surface area contributed by atoms with Gasteiger partial charge in [0.25, 0.3) is 0 Å². The number of nitrogens with one attached hydrogen (secondary N) is 1. The van der Waals surface area contributed by atoms with Crippen LogP contribution in [0.15, 0.2) is 0 Å². The molecule has 1 rings (SSSR count). The Balaban J connectivity index is 2.70. The van der Waals surface area contributed by atoms with E-state index in [1.165, 1.54) is 0 Å². The topological polar surface area (TPSA) is 49.4 Å². The van der Waals surface area contributed by atoms with E-state index in [1.807, 2.05) is 25.7 Å². The van der Waals surface area contributed by atoms with Crippen LogP contribution in [0.25, 0.3) is 0 Å². The molecule has 22 heavy (non-hydrogen) atoms. The van der Waals surface area contributed by atoms with E-state index < -0.39 is 0 Å². The van der Waals surface area contributed by atoms with Crippen molar-refractivity contribution in [1.82, 2.24) is 10.2 Å². The van der Waals surface area contributed by atoms with Crippen molar-refractivity contribution in [2.75, 3.05) is 13.1 Å². The standard InChI is InChI=1S/C18H34N2O2/c1-13(21)20-10-8-14(9-11-20)12-15(19-18(5,6)7)16(22)17(2,3)4/h14-15,19H,8-12H2,1-7H3. The summed E-state index contributed by atoms with van der Waals surface area (Å²) in [6.07, 6.45) is 2.87. The highest BCUT2D eigenvalue weighted by molar-refractivity contribution is 5.88. The normalized spacial score (nSPS) is 19.1. The molecular formula is C18H34N2O2. The van der Waals surface area contributed by atoms with Crippen molar-refractivity contribution in [3.8, 4) is 0 Å². The van der Waals surface area contributed by atoms with Gasteiger partial charge in [-0.3, -0.25) is 9.59 Å². The summed E-state index contributed by atoms with van der Waals surface area (Å²) in [6.45, 7) is 15.6. The number of Topliss-reactive ketones (excluding diaryl/α,β-unsaturated/α-hetero) is 1. The zero-order valence-electron chi connectivity index (χ0n) is 15.5. The van der Waals surface area contributed by atoms with Crippen LogP contribution in [-0.2, 0) is 9.59 Å². The van der Waals surface area contributed by atoms with Gasteiger partial charge in [0.1, 0.15) is 0 Å². The zero-order valence-corrected chi connectivity index (χ0v) is 15.5. The second kappa shape index (κ2) is 7.12. The third kappa shape index (κ3) is 6.07. The van der Waals surface area contributed by atoms with E-state index in [9.17, 15) is 9.59 Å². The van der Waals surface area contributed by atoms with Gasteiger partial charge >= 0.3 is 0 Å². The molecule has 1 aliphatic heterocycles. The summed E-state index contributed by atoms with van der Waals surface area (Å²) >= 11 is 0. The molecule has 1 amide bonds. The minimum atomic E-state index is -0.330. The third-order valence-electron chi connectivity index (χ3n) is 4.29. The van der Waals surface area contributed by atoms with Crippen LogP contribution in [0.5, 0.6) is 0 Å². The lowest BCUT2D eigenvalue weighted by molar-refractivity contribution is -0.132. The maximum absolute atomic E-state index is 12.8. The van der Waals surface area contributed by atoms with E-state index in [2.05, 4.69) is 26.1 Å². The minimum Gasteiger partial charge on any atom is -0.343 e. The first-order chi connectivity index (χ1) is 9.90. The predicted molar refractivity (Wildman–Crippen MR) is 90.7 cm³/mol. The maximum atomic E-state index is 12.8. The molecule has 0 aromatic heterocycles. The summed E-state index contributed by atoms with van der Waals surface area (Å²) in [5, 5.41) is 3.51. The number of nitrogens with zero attached hydrogens (tertiary/aromatic N) is 1. The monoisotopic (exact) mass is 310 g/mol. The van der Waals surface area contributed by atoms with Crippen LogP contribution in [0.4, 0.5) is 0 Å². The summed E-state index contributed by atoms with van der Waals surface area (Å²) in [7, 11) is 0. The van der Waals surface area contributed by atoms with Crippen molar-refractivity contribution in [3.63, 3.8) is 0 Å². The molecule has 128 valence electrons. The molecule has 1 fully saturated rings. The highest BCUT2D eigenvalue weighted by Gasteiger charge is 2.34. The Labute approximate surface area is 136 Å². The van der Waals surface area contributed by atoms with Crippen LogP contribution in [0.1, 0.15) is 67.7 Å². The first-order valence-electron chi connectivity index (χ1n) is 8.47. The summed E-state index contributed by atoms with van der Waals surface area (Å²) in [5.74, 6) is 0.965. The molecule has 4 nitrogen and oxygen atoms in total. The summed E-state index contributed by atoms with van der Waals surface area (Å²) in [6, 6.07) is -0.103. The third-order valence-corrected chi connectivity index (χ3v) is 4.29. The van der Waals surface area contributed by atoms with Crippen molar-refractivity contribution in [3.05, 3.63) is 0 Å². The van der Waals surface area contributed by atoms with Gasteiger partial charge < -0.3 is 10.2 Å². The van der Waals surface area contributed by atoms with Gasteiger partial charge in [-0.15, -0.1) is 0 Å². The molecule has 4 heteroatoms. The predicted octanol–water partition coefficient (Wildman–Crippen LogP) is 3.01. The van der Waals surface area contributed by atoms with Crippen molar-refractivity contribution >= 4 is 11.7 Å². The zero-order chi connectivity index (χ0) is 17.1. The number of hydrogen-bond donors (Lipinski definition) is 1. The second-order valence-electron chi connectivity index (χ2n) is 8.75. The molecule has 0 saturated carbocycles. The van der Waals surface area contributed by atoms with E-state index in [4.69, 9.17) is 0 Å². The molecule has 1 saturated heterocycles. The number of piperidine rings is 1. The number of carbonyl (C=O) groups excluding carboxylic acids is 2. The van der Waals surface area contributed by atoms with Crippen LogP contribution in [0.3, 0.4) is 0 Å². The largest absolute Gasteiger partial charge is 0.343 e. The summed E-state index contributed by atoms with van der Waals surface area (Å²) < 4.78 is 0. The minimum absolute atomic E-state index is 0.0777. The van der Waals surface area contributed by atoms with E-state index in [0.717, 1.165) is 32.4 Å². The van der Waals surface area contributed by atoms with Gasteiger partial charge in [0.15, 0.2) is 5.78 Å². The molecule has 0 aromatic rings. The Morgan fingerprint density at radius 2 is 1.59 bits per heavy atom. The Morgan fingerprint density at radius 3 is 1.95 bits per heavy atom. The fourth-order valence-corrected chi connectivity index (χ4v) is 3.09. The van der Waals surface area contributed by atoms with Gasteiger partial charge in [0.05, 0.1) is 6.04 Å². The first kappa shape index (κ1) is 19.1. The molecule has 0 bridgehead atoms. The molecule has 0 aromatic carbocycles. The molecule has 0 spiro atoms. The molecule has 0 radical (unpaired) electrons. The lowest BCUT2D eigenvalue weighted by Crippen LogP contribution is -2.52. The number of rotatable bonds is 4. The maximum Gasteiger partial charge on any atom is 0.219 e. The van der Waals surface area contributed by atoms with Crippen LogP contribution >= 0.6 is 0 Å². The first-order valence-corrected chi connectivity index (χ1v) is 8.47. The average molecular weight is 310 g/mol. The molecule has 1 aliphatic rings. The van der Waals surface area contributed by atoms with E-state index >= 15 is 0 Å². The smallest absolute Gasteiger partial charge is 0.219 e.